The molecular weight excluding hydrogens is 150 g/mol. The molecule has 0 unspecified atom stereocenters. The van der Waals surface area contributed by atoms with Crippen molar-refractivity contribution in [1.29, 1.82) is 0 Å². The molecule has 1 aliphatic carbocycles. The minimum Gasteiger partial charge on any atom is -0.355 e. The Morgan fingerprint density at radius 1 is 1.67 bits per heavy atom. The maximum atomic E-state index is 4.24. The Morgan fingerprint density at radius 3 is 3.17 bits per heavy atom. The molecule has 0 aliphatic heterocycles. The number of aromatic nitrogens is 2. The summed E-state index contributed by atoms with van der Waals surface area (Å²) >= 11 is 0. The molecule has 66 valence electrons. The Hall–Kier alpha value is -0.990. The standard InChI is InChI=1S/C9H15N3/c1-2-12-6-5-10-9(12)11-7-8-3-4-8/h5-6,8H,2-4,7H2,1H3,(H,10,11). The molecule has 0 spiro atoms. The molecule has 1 saturated carbocycles. The molecule has 0 amide bonds. The fraction of sp³-hybridized carbons (Fsp3) is 0.667. The Bertz CT molecular complexity index is 250. The lowest BCUT2D eigenvalue weighted by molar-refractivity contribution is 0.754. The summed E-state index contributed by atoms with van der Waals surface area (Å²) in [5, 5.41) is 3.36. The second-order valence-electron chi connectivity index (χ2n) is 3.36. The van der Waals surface area contributed by atoms with Crippen LogP contribution in [0.1, 0.15) is 19.8 Å². The molecule has 0 saturated heterocycles. The number of aryl methyl sites for hydroxylation is 1. The van der Waals surface area contributed by atoms with Gasteiger partial charge in [-0.25, -0.2) is 4.98 Å². The van der Waals surface area contributed by atoms with E-state index in [-0.39, 0.29) is 0 Å². The van der Waals surface area contributed by atoms with Crippen molar-refractivity contribution < 1.29 is 0 Å². The van der Waals surface area contributed by atoms with Crippen LogP contribution in [0.2, 0.25) is 0 Å². The van der Waals surface area contributed by atoms with Gasteiger partial charge in [-0.3, -0.25) is 0 Å². The zero-order chi connectivity index (χ0) is 8.39. The van der Waals surface area contributed by atoms with Crippen molar-refractivity contribution in [3.05, 3.63) is 12.4 Å². The number of hydrogen-bond acceptors (Lipinski definition) is 2. The maximum absolute atomic E-state index is 4.24. The Balaban J connectivity index is 1.91. The van der Waals surface area contributed by atoms with E-state index >= 15 is 0 Å². The molecule has 12 heavy (non-hydrogen) atoms. The van der Waals surface area contributed by atoms with Crippen LogP contribution in [0.3, 0.4) is 0 Å². The minimum absolute atomic E-state index is 0.909. The van der Waals surface area contributed by atoms with Gasteiger partial charge in [-0.1, -0.05) is 0 Å². The summed E-state index contributed by atoms with van der Waals surface area (Å²) in [6, 6.07) is 0. The van der Waals surface area contributed by atoms with Gasteiger partial charge >= 0.3 is 0 Å². The zero-order valence-electron chi connectivity index (χ0n) is 7.45. The van der Waals surface area contributed by atoms with E-state index in [0.717, 1.165) is 25.0 Å². The van der Waals surface area contributed by atoms with Crippen LogP contribution in [0, 0.1) is 5.92 Å². The van der Waals surface area contributed by atoms with E-state index < -0.39 is 0 Å². The van der Waals surface area contributed by atoms with Crippen molar-refractivity contribution >= 4 is 5.95 Å². The molecule has 0 atom stereocenters. The van der Waals surface area contributed by atoms with Gasteiger partial charge in [0.05, 0.1) is 0 Å². The molecule has 1 aromatic heterocycles. The lowest BCUT2D eigenvalue weighted by Crippen LogP contribution is -2.08. The van der Waals surface area contributed by atoms with Gasteiger partial charge in [-0.05, 0) is 25.7 Å². The van der Waals surface area contributed by atoms with Gasteiger partial charge in [-0.15, -0.1) is 0 Å². The van der Waals surface area contributed by atoms with Gasteiger partial charge in [0.25, 0.3) is 0 Å². The first-order chi connectivity index (χ1) is 5.90. The highest BCUT2D eigenvalue weighted by Gasteiger charge is 2.21. The van der Waals surface area contributed by atoms with E-state index in [1.165, 1.54) is 12.8 Å². The highest BCUT2D eigenvalue weighted by molar-refractivity contribution is 5.26. The molecule has 1 N–H and O–H groups in total. The van der Waals surface area contributed by atoms with Gasteiger partial charge in [-0.2, -0.15) is 0 Å². The smallest absolute Gasteiger partial charge is 0.202 e. The molecule has 3 heteroatoms. The molecule has 1 heterocycles. The topological polar surface area (TPSA) is 29.9 Å². The summed E-state index contributed by atoms with van der Waals surface area (Å²) in [6.45, 7) is 4.22. The van der Waals surface area contributed by atoms with Crippen molar-refractivity contribution in [2.45, 2.75) is 26.3 Å². The van der Waals surface area contributed by atoms with Crippen LogP contribution in [0.4, 0.5) is 5.95 Å². The lowest BCUT2D eigenvalue weighted by Gasteiger charge is -2.05. The Kier molecular flexibility index (Phi) is 2.02. The maximum Gasteiger partial charge on any atom is 0.202 e. The van der Waals surface area contributed by atoms with E-state index in [4.69, 9.17) is 0 Å². The van der Waals surface area contributed by atoms with Crippen molar-refractivity contribution in [2.24, 2.45) is 5.92 Å². The van der Waals surface area contributed by atoms with Crippen molar-refractivity contribution in [3.63, 3.8) is 0 Å². The first-order valence-corrected chi connectivity index (χ1v) is 4.65. The predicted molar refractivity (Wildman–Crippen MR) is 49.1 cm³/mol. The lowest BCUT2D eigenvalue weighted by atomic mass is 10.4. The van der Waals surface area contributed by atoms with E-state index in [9.17, 15) is 0 Å². The molecule has 1 fully saturated rings. The van der Waals surface area contributed by atoms with Gasteiger partial charge in [0.1, 0.15) is 0 Å². The molecule has 0 radical (unpaired) electrons. The SMILES string of the molecule is CCn1ccnc1NCC1CC1. The molecule has 2 rings (SSSR count). The van der Waals surface area contributed by atoms with Crippen LogP contribution in [-0.4, -0.2) is 16.1 Å². The van der Waals surface area contributed by atoms with Gasteiger partial charge in [0.15, 0.2) is 0 Å². The number of hydrogen-bond donors (Lipinski definition) is 1. The van der Waals surface area contributed by atoms with Crippen LogP contribution < -0.4 is 5.32 Å². The van der Waals surface area contributed by atoms with Crippen LogP contribution in [0.25, 0.3) is 0 Å². The third kappa shape index (κ3) is 1.60. The van der Waals surface area contributed by atoms with Crippen molar-refractivity contribution in [3.8, 4) is 0 Å². The fourth-order valence-corrected chi connectivity index (χ4v) is 1.29. The summed E-state index contributed by atoms with van der Waals surface area (Å²) in [7, 11) is 0. The molecular formula is C9H15N3. The number of imidazole rings is 1. The number of anilines is 1. The summed E-state index contributed by atoms with van der Waals surface area (Å²) < 4.78 is 2.13. The second-order valence-corrected chi connectivity index (χ2v) is 3.36. The summed E-state index contributed by atoms with van der Waals surface area (Å²) in [5.74, 6) is 1.93. The second kappa shape index (κ2) is 3.17. The molecule has 0 bridgehead atoms. The first kappa shape index (κ1) is 7.65. The molecule has 3 nitrogen and oxygen atoms in total. The van der Waals surface area contributed by atoms with E-state index in [1.54, 1.807) is 0 Å². The van der Waals surface area contributed by atoms with Crippen LogP contribution >= 0.6 is 0 Å². The monoisotopic (exact) mass is 165 g/mol. The largest absolute Gasteiger partial charge is 0.355 e. The fourth-order valence-electron chi connectivity index (χ4n) is 1.29. The number of nitrogens with zero attached hydrogens (tertiary/aromatic N) is 2. The summed E-state index contributed by atoms with van der Waals surface area (Å²) in [4.78, 5) is 4.24. The zero-order valence-corrected chi connectivity index (χ0v) is 7.45. The van der Waals surface area contributed by atoms with Gasteiger partial charge in [0, 0.05) is 25.5 Å². The van der Waals surface area contributed by atoms with Crippen molar-refractivity contribution in [1.82, 2.24) is 9.55 Å². The normalized spacial score (nSPS) is 16.4. The number of nitrogens with one attached hydrogen (secondary N) is 1. The quantitative estimate of drug-likeness (QED) is 0.736. The average molecular weight is 165 g/mol. The third-order valence-electron chi connectivity index (χ3n) is 2.30. The van der Waals surface area contributed by atoms with E-state index in [2.05, 4.69) is 21.8 Å². The van der Waals surface area contributed by atoms with E-state index in [1.807, 2.05) is 12.4 Å². The highest BCUT2D eigenvalue weighted by Crippen LogP contribution is 2.28. The van der Waals surface area contributed by atoms with Crippen LogP contribution in [0.15, 0.2) is 12.4 Å². The molecule has 1 aromatic rings. The first-order valence-electron chi connectivity index (χ1n) is 4.65. The number of rotatable bonds is 4. The molecule has 1 aliphatic rings. The Labute approximate surface area is 72.8 Å². The van der Waals surface area contributed by atoms with Crippen molar-refractivity contribution in [2.75, 3.05) is 11.9 Å². The van der Waals surface area contributed by atoms with Crippen LogP contribution in [0.5, 0.6) is 0 Å². The minimum atomic E-state index is 0.909. The molecule has 0 aromatic carbocycles. The van der Waals surface area contributed by atoms with Crippen LogP contribution in [-0.2, 0) is 6.54 Å². The summed E-state index contributed by atoms with van der Waals surface area (Å²) in [6.07, 6.45) is 6.63. The highest BCUT2D eigenvalue weighted by atomic mass is 15.2. The van der Waals surface area contributed by atoms with E-state index in [0.29, 0.717) is 0 Å². The van der Waals surface area contributed by atoms with Gasteiger partial charge in [0.2, 0.25) is 5.95 Å². The third-order valence-corrected chi connectivity index (χ3v) is 2.30. The Morgan fingerprint density at radius 2 is 2.50 bits per heavy atom. The van der Waals surface area contributed by atoms with Gasteiger partial charge < -0.3 is 9.88 Å². The predicted octanol–water partition coefficient (Wildman–Crippen LogP) is 1.72. The summed E-state index contributed by atoms with van der Waals surface area (Å²) in [5.41, 5.74) is 0. The average Bonchev–Trinajstić information content (AvgIpc) is 2.81.